The molecule has 0 bridgehead atoms. The third-order valence-electron chi connectivity index (χ3n) is 2.02. The highest BCUT2D eigenvalue weighted by atomic mass is 16.4. The molecule has 0 aliphatic rings. The first-order valence-electron chi connectivity index (χ1n) is 4.14. The van der Waals surface area contributed by atoms with Crippen LogP contribution in [0.3, 0.4) is 0 Å². The van der Waals surface area contributed by atoms with Crippen LogP contribution in [0, 0.1) is 0 Å². The smallest absolute Gasteiger partial charge is 0.352 e. The number of aliphatic hydroxyl groups is 1. The number of carboxylic acids is 1. The van der Waals surface area contributed by atoms with Gasteiger partial charge in [0.1, 0.15) is 5.69 Å². The van der Waals surface area contributed by atoms with E-state index >= 15 is 0 Å². The van der Waals surface area contributed by atoms with E-state index in [9.17, 15) is 9.90 Å². The first kappa shape index (κ1) is 9.80. The van der Waals surface area contributed by atoms with Crippen LogP contribution in [0.15, 0.2) is 12.3 Å². The molecule has 0 saturated heterocycles. The SMILES string of the molecule is CC[C@@H](O)c1cc(C(=O)O)n(C)c1. The van der Waals surface area contributed by atoms with E-state index in [-0.39, 0.29) is 5.69 Å². The highest BCUT2D eigenvalue weighted by Gasteiger charge is 2.13. The van der Waals surface area contributed by atoms with E-state index in [0.717, 1.165) is 0 Å². The molecular weight excluding hydrogens is 170 g/mol. The zero-order valence-electron chi connectivity index (χ0n) is 7.69. The Labute approximate surface area is 76.4 Å². The van der Waals surface area contributed by atoms with E-state index in [1.165, 1.54) is 10.6 Å². The number of carboxylic acid groups (broad SMARTS) is 1. The molecule has 1 heterocycles. The lowest BCUT2D eigenvalue weighted by atomic mass is 10.1. The molecule has 13 heavy (non-hydrogen) atoms. The second kappa shape index (κ2) is 3.62. The normalized spacial score (nSPS) is 12.8. The van der Waals surface area contributed by atoms with Crippen molar-refractivity contribution < 1.29 is 15.0 Å². The largest absolute Gasteiger partial charge is 0.477 e. The molecule has 72 valence electrons. The van der Waals surface area contributed by atoms with E-state index in [0.29, 0.717) is 12.0 Å². The van der Waals surface area contributed by atoms with Gasteiger partial charge in [-0.25, -0.2) is 4.79 Å². The Hall–Kier alpha value is -1.29. The van der Waals surface area contributed by atoms with Crippen molar-refractivity contribution in [3.8, 4) is 0 Å². The van der Waals surface area contributed by atoms with Gasteiger partial charge in [-0.15, -0.1) is 0 Å². The van der Waals surface area contributed by atoms with Crippen molar-refractivity contribution in [2.24, 2.45) is 7.05 Å². The van der Waals surface area contributed by atoms with Crippen LogP contribution in [-0.2, 0) is 7.05 Å². The third-order valence-corrected chi connectivity index (χ3v) is 2.02. The third kappa shape index (κ3) is 1.89. The second-order valence-electron chi connectivity index (χ2n) is 3.00. The second-order valence-corrected chi connectivity index (χ2v) is 3.00. The van der Waals surface area contributed by atoms with Crippen molar-refractivity contribution in [2.75, 3.05) is 0 Å². The molecule has 0 aliphatic heterocycles. The summed E-state index contributed by atoms with van der Waals surface area (Å²) < 4.78 is 1.50. The van der Waals surface area contributed by atoms with Crippen LogP contribution < -0.4 is 0 Å². The van der Waals surface area contributed by atoms with E-state index < -0.39 is 12.1 Å². The van der Waals surface area contributed by atoms with Gasteiger partial charge in [-0.3, -0.25) is 0 Å². The van der Waals surface area contributed by atoms with Crippen LogP contribution in [0.2, 0.25) is 0 Å². The summed E-state index contributed by atoms with van der Waals surface area (Å²) in [6.07, 6.45) is 1.65. The average molecular weight is 183 g/mol. The van der Waals surface area contributed by atoms with Gasteiger partial charge in [-0.2, -0.15) is 0 Å². The van der Waals surface area contributed by atoms with Crippen LogP contribution in [0.5, 0.6) is 0 Å². The number of aryl methyl sites for hydroxylation is 1. The predicted molar refractivity (Wildman–Crippen MR) is 47.6 cm³/mol. The Bertz CT molecular complexity index is 317. The first-order valence-corrected chi connectivity index (χ1v) is 4.14. The number of hydrogen-bond donors (Lipinski definition) is 2. The Morgan fingerprint density at radius 1 is 1.69 bits per heavy atom. The van der Waals surface area contributed by atoms with Crippen LogP contribution in [0.4, 0.5) is 0 Å². The van der Waals surface area contributed by atoms with Gasteiger partial charge in [-0.05, 0) is 18.1 Å². The Morgan fingerprint density at radius 3 is 2.69 bits per heavy atom. The molecule has 1 atom stereocenters. The monoisotopic (exact) mass is 183 g/mol. The van der Waals surface area contributed by atoms with E-state index in [1.54, 1.807) is 13.2 Å². The molecule has 1 rings (SSSR count). The van der Waals surface area contributed by atoms with Gasteiger partial charge in [0.15, 0.2) is 0 Å². The maximum Gasteiger partial charge on any atom is 0.352 e. The highest BCUT2D eigenvalue weighted by molar-refractivity contribution is 5.86. The van der Waals surface area contributed by atoms with Crippen molar-refractivity contribution >= 4 is 5.97 Å². The maximum atomic E-state index is 10.6. The lowest BCUT2D eigenvalue weighted by molar-refractivity contribution is 0.0686. The van der Waals surface area contributed by atoms with Gasteiger partial charge in [0.2, 0.25) is 0 Å². The maximum absolute atomic E-state index is 10.6. The molecule has 4 heteroatoms. The molecule has 1 aromatic rings. The minimum absolute atomic E-state index is 0.197. The number of aliphatic hydroxyl groups excluding tert-OH is 1. The Kier molecular flexibility index (Phi) is 2.72. The van der Waals surface area contributed by atoms with Crippen molar-refractivity contribution in [3.63, 3.8) is 0 Å². The number of aromatic carboxylic acids is 1. The molecule has 0 saturated carbocycles. The molecule has 0 aromatic carbocycles. The van der Waals surface area contributed by atoms with Crippen LogP contribution in [0.1, 0.15) is 35.5 Å². The fraction of sp³-hybridized carbons (Fsp3) is 0.444. The summed E-state index contributed by atoms with van der Waals surface area (Å²) in [5.74, 6) is -0.975. The van der Waals surface area contributed by atoms with Gasteiger partial charge in [-0.1, -0.05) is 6.92 Å². The summed E-state index contributed by atoms with van der Waals surface area (Å²) in [6.45, 7) is 1.85. The average Bonchev–Trinajstić information content (AvgIpc) is 2.46. The topological polar surface area (TPSA) is 62.5 Å². The zero-order chi connectivity index (χ0) is 10.0. The Morgan fingerprint density at radius 2 is 2.31 bits per heavy atom. The van der Waals surface area contributed by atoms with E-state index in [4.69, 9.17) is 5.11 Å². The number of hydrogen-bond acceptors (Lipinski definition) is 2. The fourth-order valence-electron chi connectivity index (χ4n) is 1.22. The number of carbonyl (C=O) groups is 1. The van der Waals surface area contributed by atoms with E-state index in [2.05, 4.69) is 0 Å². The molecule has 1 aromatic heterocycles. The van der Waals surface area contributed by atoms with Crippen molar-refractivity contribution in [1.82, 2.24) is 4.57 Å². The van der Waals surface area contributed by atoms with Gasteiger partial charge in [0.25, 0.3) is 0 Å². The molecule has 0 fully saturated rings. The number of nitrogens with zero attached hydrogens (tertiary/aromatic N) is 1. The summed E-state index contributed by atoms with van der Waals surface area (Å²) in [4.78, 5) is 10.6. The predicted octanol–water partition coefficient (Wildman–Crippen LogP) is 1.17. The van der Waals surface area contributed by atoms with Gasteiger partial charge < -0.3 is 14.8 Å². The molecule has 0 unspecified atom stereocenters. The van der Waals surface area contributed by atoms with E-state index in [1.807, 2.05) is 6.92 Å². The molecule has 0 radical (unpaired) electrons. The molecule has 2 N–H and O–H groups in total. The summed E-state index contributed by atoms with van der Waals surface area (Å²) in [6, 6.07) is 1.50. The van der Waals surface area contributed by atoms with Crippen molar-refractivity contribution in [1.29, 1.82) is 0 Å². The summed E-state index contributed by atoms with van der Waals surface area (Å²) >= 11 is 0. The summed E-state index contributed by atoms with van der Waals surface area (Å²) in [5.41, 5.74) is 0.852. The minimum Gasteiger partial charge on any atom is -0.477 e. The van der Waals surface area contributed by atoms with Crippen LogP contribution in [0.25, 0.3) is 0 Å². The molecule has 0 aliphatic carbocycles. The summed E-state index contributed by atoms with van der Waals surface area (Å²) in [5, 5.41) is 18.2. The zero-order valence-corrected chi connectivity index (χ0v) is 7.69. The molecule has 0 spiro atoms. The quantitative estimate of drug-likeness (QED) is 0.739. The molecule has 0 amide bonds. The molecule has 4 nitrogen and oxygen atoms in total. The number of aromatic nitrogens is 1. The number of rotatable bonds is 3. The van der Waals surface area contributed by atoms with Gasteiger partial charge in [0, 0.05) is 13.2 Å². The minimum atomic E-state index is -0.975. The van der Waals surface area contributed by atoms with Crippen LogP contribution in [-0.4, -0.2) is 20.7 Å². The summed E-state index contributed by atoms with van der Waals surface area (Å²) in [7, 11) is 1.65. The van der Waals surface area contributed by atoms with Crippen molar-refractivity contribution in [2.45, 2.75) is 19.4 Å². The fourth-order valence-corrected chi connectivity index (χ4v) is 1.22. The van der Waals surface area contributed by atoms with Crippen molar-refractivity contribution in [3.05, 3.63) is 23.5 Å². The lowest BCUT2D eigenvalue weighted by Gasteiger charge is -2.02. The van der Waals surface area contributed by atoms with Gasteiger partial charge in [0.05, 0.1) is 6.10 Å². The van der Waals surface area contributed by atoms with Crippen LogP contribution >= 0.6 is 0 Å². The Balaban J connectivity index is 3.01. The first-order chi connectivity index (χ1) is 6.06. The molecular formula is C9H13NO3. The standard InChI is InChI=1S/C9H13NO3/c1-3-8(11)6-4-7(9(12)13)10(2)5-6/h4-5,8,11H,3H2,1-2H3,(H,12,13)/t8-/m1/s1. The lowest BCUT2D eigenvalue weighted by Crippen LogP contribution is -2.02. The van der Waals surface area contributed by atoms with Gasteiger partial charge >= 0.3 is 5.97 Å². The highest BCUT2D eigenvalue weighted by Crippen LogP contribution is 2.18.